The second-order valence-electron chi connectivity index (χ2n) is 9.48. The van der Waals surface area contributed by atoms with Gasteiger partial charge in [-0.25, -0.2) is 0 Å². The highest BCUT2D eigenvalue weighted by Gasteiger charge is 2.75. The predicted molar refractivity (Wildman–Crippen MR) is 135 cm³/mol. The summed E-state index contributed by atoms with van der Waals surface area (Å²) in [5.74, 6) is -2.76. The van der Waals surface area contributed by atoms with Crippen molar-refractivity contribution < 1.29 is 29.0 Å². The predicted octanol–water partition coefficient (Wildman–Crippen LogP) is 3.13. The first-order chi connectivity index (χ1) is 17.4. The van der Waals surface area contributed by atoms with E-state index in [-0.39, 0.29) is 38.1 Å². The Morgan fingerprint density at radius 3 is 2.67 bits per heavy atom. The number of amides is 2. The Kier molecular flexibility index (Phi) is 8.17. The van der Waals surface area contributed by atoms with Crippen LogP contribution in [0.4, 0.5) is 5.69 Å². The van der Waals surface area contributed by atoms with Crippen LogP contribution >= 0.6 is 11.6 Å². The smallest absolute Gasteiger partial charge is 0.312 e. The van der Waals surface area contributed by atoms with Gasteiger partial charge >= 0.3 is 5.97 Å². The maximum atomic E-state index is 14.1. The van der Waals surface area contributed by atoms with Crippen molar-refractivity contribution in [2.24, 2.45) is 11.8 Å². The molecular formula is C27H33ClN2O6. The van der Waals surface area contributed by atoms with Gasteiger partial charge in [0.2, 0.25) is 5.91 Å². The Morgan fingerprint density at radius 2 is 2.00 bits per heavy atom. The van der Waals surface area contributed by atoms with Crippen LogP contribution in [0.25, 0.3) is 0 Å². The van der Waals surface area contributed by atoms with Gasteiger partial charge in [0.15, 0.2) is 0 Å². The fourth-order valence-electron chi connectivity index (χ4n) is 5.93. The molecule has 8 nitrogen and oxygen atoms in total. The van der Waals surface area contributed by atoms with E-state index >= 15 is 0 Å². The molecule has 0 aromatic heterocycles. The summed E-state index contributed by atoms with van der Waals surface area (Å²) in [6.07, 6.45) is 6.37. The standard InChI is InChI=1S/C27H33ClN2O6/c1-3-5-6-7-17-35-26(34)21-20-12-13-27(36-20)22(21)24(32)30(15-16-31)23(27)25(33)29(14-4-2)19-10-8-18(28)9-11-19/h3-4,8-11,20-23,31H,1-2,5-7,12-17H2/t20-,21+,22-,23?,27?/m0/s1. The van der Waals surface area contributed by atoms with Crippen LogP contribution in [0.3, 0.4) is 0 Å². The molecule has 1 aromatic rings. The van der Waals surface area contributed by atoms with Gasteiger partial charge in [-0.1, -0.05) is 23.8 Å². The minimum absolute atomic E-state index is 0.0343. The zero-order valence-corrected chi connectivity index (χ0v) is 21.1. The van der Waals surface area contributed by atoms with E-state index in [2.05, 4.69) is 13.2 Å². The number of carbonyl (C=O) groups excluding carboxylic acids is 3. The van der Waals surface area contributed by atoms with Gasteiger partial charge in [-0.15, -0.1) is 13.2 Å². The van der Waals surface area contributed by atoms with Gasteiger partial charge < -0.3 is 24.4 Å². The molecule has 3 heterocycles. The molecule has 2 bridgehead atoms. The molecule has 194 valence electrons. The van der Waals surface area contributed by atoms with E-state index in [9.17, 15) is 19.5 Å². The van der Waals surface area contributed by atoms with E-state index in [4.69, 9.17) is 21.1 Å². The normalized spacial score (nSPS) is 28.2. The third-order valence-corrected chi connectivity index (χ3v) is 7.66. The van der Waals surface area contributed by atoms with Crippen LogP contribution in [0, 0.1) is 11.8 Å². The molecule has 3 saturated heterocycles. The Hall–Kier alpha value is -2.68. The molecule has 3 aliphatic heterocycles. The lowest BCUT2D eigenvalue weighted by Crippen LogP contribution is -2.56. The fraction of sp³-hybridized carbons (Fsp3) is 0.519. The van der Waals surface area contributed by atoms with Crippen molar-refractivity contribution >= 4 is 35.1 Å². The maximum Gasteiger partial charge on any atom is 0.312 e. The number of carbonyl (C=O) groups is 3. The average Bonchev–Trinajstić information content (AvgIpc) is 3.51. The van der Waals surface area contributed by atoms with Crippen LogP contribution in [-0.4, -0.2) is 71.8 Å². The topological polar surface area (TPSA) is 96.4 Å². The summed E-state index contributed by atoms with van der Waals surface area (Å²) in [4.78, 5) is 43.8. The lowest BCUT2D eigenvalue weighted by Gasteiger charge is -2.36. The van der Waals surface area contributed by atoms with Crippen molar-refractivity contribution in [1.82, 2.24) is 4.90 Å². The molecule has 1 spiro atoms. The van der Waals surface area contributed by atoms with Crippen molar-refractivity contribution in [3.05, 3.63) is 54.6 Å². The number of allylic oxidation sites excluding steroid dienone is 1. The molecule has 2 unspecified atom stereocenters. The Balaban J connectivity index is 1.63. The lowest BCUT2D eigenvalue weighted by molar-refractivity contribution is -0.155. The van der Waals surface area contributed by atoms with Crippen LogP contribution in [0.5, 0.6) is 0 Å². The highest BCUT2D eigenvalue weighted by atomic mass is 35.5. The summed E-state index contributed by atoms with van der Waals surface area (Å²) >= 11 is 6.04. The number of likely N-dealkylation sites (tertiary alicyclic amines) is 1. The zero-order chi connectivity index (χ0) is 25.9. The highest BCUT2D eigenvalue weighted by molar-refractivity contribution is 6.30. The third-order valence-electron chi connectivity index (χ3n) is 7.41. The number of hydrogen-bond acceptors (Lipinski definition) is 6. The number of β-amino-alcohol motifs (C(OH)–C–C–N with tert-alkyl or cyclic N) is 1. The number of benzene rings is 1. The first-order valence-corrected chi connectivity index (χ1v) is 12.8. The summed E-state index contributed by atoms with van der Waals surface area (Å²) in [7, 11) is 0. The number of hydrogen-bond donors (Lipinski definition) is 1. The van der Waals surface area contributed by atoms with E-state index in [1.54, 1.807) is 30.3 Å². The van der Waals surface area contributed by atoms with Crippen molar-refractivity contribution in [2.75, 3.05) is 31.2 Å². The molecule has 3 fully saturated rings. The molecule has 1 N–H and O–H groups in total. The summed E-state index contributed by atoms with van der Waals surface area (Å²) in [5, 5.41) is 10.3. The third kappa shape index (κ3) is 4.58. The SMILES string of the molecule is C=CCCCCOC(=O)[C@@H]1[C@@H]2CCC3(O2)C(C(=O)N(CC=C)c2ccc(Cl)cc2)N(CCO)C(=O)[C@H]13. The van der Waals surface area contributed by atoms with Gasteiger partial charge in [0.05, 0.1) is 31.2 Å². The molecule has 5 atom stereocenters. The summed E-state index contributed by atoms with van der Waals surface area (Å²) < 4.78 is 11.9. The van der Waals surface area contributed by atoms with E-state index < -0.39 is 35.6 Å². The molecule has 2 amide bonds. The number of halogens is 1. The number of aliphatic hydroxyl groups excluding tert-OH is 1. The largest absolute Gasteiger partial charge is 0.465 e. The van der Waals surface area contributed by atoms with Crippen LogP contribution in [0.1, 0.15) is 32.1 Å². The number of nitrogens with zero attached hydrogens (tertiary/aromatic N) is 2. The average molecular weight is 517 g/mol. The number of ether oxygens (including phenoxy) is 2. The highest BCUT2D eigenvalue weighted by Crippen LogP contribution is 2.58. The Bertz CT molecular complexity index is 1010. The number of fused-ring (bicyclic) bond motifs is 1. The second kappa shape index (κ2) is 11.2. The number of rotatable bonds is 12. The minimum Gasteiger partial charge on any atom is -0.465 e. The molecule has 0 aliphatic carbocycles. The van der Waals surface area contributed by atoms with E-state index in [1.165, 1.54) is 9.80 Å². The number of unbranched alkanes of at least 4 members (excludes halogenated alkanes) is 2. The first-order valence-electron chi connectivity index (χ1n) is 12.4. The number of anilines is 1. The van der Waals surface area contributed by atoms with Gasteiger partial charge in [-0.3, -0.25) is 14.4 Å². The van der Waals surface area contributed by atoms with E-state index in [0.717, 1.165) is 12.8 Å². The molecule has 4 rings (SSSR count). The van der Waals surface area contributed by atoms with Crippen LogP contribution in [0.2, 0.25) is 5.02 Å². The minimum atomic E-state index is -1.15. The fourth-order valence-corrected chi connectivity index (χ4v) is 6.05. The van der Waals surface area contributed by atoms with Gasteiger partial charge in [-0.2, -0.15) is 0 Å². The van der Waals surface area contributed by atoms with Gasteiger partial charge in [0, 0.05) is 23.8 Å². The first kappa shape index (κ1) is 26.4. The summed E-state index contributed by atoms with van der Waals surface area (Å²) in [6.45, 7) is 7.58. The molecule has 0 radical (unpaired) electrons. The Labute approximate surface area is 216 Å². The molecule has 9 heteroatoms. The van der Waals surface area contributed by atoms with E-state index in [1.807, 2.05) is 6.08 Å². The van der Waals surface area contributed by atoms with Crippen molar-refractivity contribution in [2.45, 2.75) is 49.9 Å². The maximum absolute atomic E-state index is 14.1. The lowest BCUT2D eigenvalue weighted by atomic mass is 9.70. The van der Waals surface area contributed by atoms with Gasteiger partial charge in [0.25, 0.3) is 5.91 Å². The molecule has 1 aromatic carbocycles. The summed E-state index contributed by atoms with van der Waals surface area (Å²) in [6, 6.07) is 5.85. The van der Waals surface area contributed by atoms with Crippen LogP contribution < -0.4 is 4.90 Å². The Morgan fingerprint density at radius 1 is 1.25 bits per heavy atom. The number of aliphatic hydroxyl groups is 1. The van der Waals surface area contributed by atoms with E-state index in [0.29, 0.717) is 30.0 Å². The molecular weight excluding hydrogens is 484 g/mol. The van der Waals surface area contributed by atoms with Gasteiger partial charge in [0.1, 0.15) is 11.6 Å². The number of esters is 1. The summed E-state index contributed by atoms with van der Waals surface area (Å²) in [5.41, 5.74) is -0.546. The zero-order valence-electron chi connectivity index (χ0n) is 20.3. The second-order valence-corrected chi connectivity index (χ2v) is 9.91. The monoisotopic (exact) mass is 516 g/mol. The van der Waals surface area contributed by atoms with Crippen molar-refractivity contribution in [3.63, 3.8) is 0 Å². The molecule has 3 aliphatic rings. The van der Waals surface area contributed by atoms with Crippen LogP contribution in [-0.2, 0) is 23.9 Å². The molecule has 36 heavy (non-hydrogen) atoms. The van der Waals surface area contributed by atoms with Crippen molar-refractivity contribution in [1.29, 1.82) is 0 Å². The van der Waals surface area contributed by atoms with Crippen LogP contribution in [0.15, 0.2) is 49.6 Å². The quantitative estimate of drug-likeness (QED) is 0.260. The van der Waals surface area contributed by atoms with Crippen molar-refractivity contribution in [3.8, 4) is 0 Å². The molecule has 0 saturated carbocycles. The van der Waals surface area contributed by atoms with Gasteiger partial charge in [-0.05, 0) is 56.4 Å².